The van der Waals surface area contributed by atoms with Gasteiger partial charge >= 0.3 is 0 Å². The number of rotatable bonds is 4. The molecule has 1 aliphatic heterocycles. The van der Waals surface area contributed by atoms with Crippen molar-refractivity contribution in [2.75, 3.05) is 16.6 Å². The molecule has 1 heterocycles. The zero-order chi connectivity index (χ0) is 19.6. The third-order valence-corrected chi connectivity index (χ3v) is 5.80. The minimum atomic E-state index is -3.76. The summed E-state index contributed by atoms with van der Waals surface area (Å²) in [4.78, 5) is 24.5. The summed E-state index contributed by atoms with van der Waals surface area (Å²) in [6.45, 7) is 4.07. The van der Waals surface area contributed by atoms with Gasteiger partial charge in [0.25, 0.3) is 10.0 Å². The van der Waals surface area contributed by atoms with E-state index in [1.807, 2.05) is 6.07 Å². The van der Waals surface area contributed by atoms with Gasteiger partial charge < -0.3 is 10.2 Å². The Morgan fingerprint density at radius 2 is 1.63 bits per heavy atom. The van der Waals surface area contributed by atoms with E-state index < -0.39 is 10.0 Å². The lowest BCUT2D eigenvalue weighted by atomic mass is 9.99. The monoisotopic (exact) mass is 387 g/mol. The molecule has 8 heteroatoms. The van der Waals surface area contributed by atoms with E-state index in [9.17, 15) is 18.0 Å². The highest BCUT2D eigenvalue weighted by Crippen LogP contribution is 2.25. The van der Waals surface area contributed by atoms with E-state index in [0.717, 1.165) is 17.5 Å². The third kappa shape index (κ3) is 4.46. The van der Waals surface area contributed by atoms with E-state index in [-0.39, 0.29) is 16.7 Å². The van der Waals surface area contributed by atoms with Gasteiger partial charge in [-0.3, -0.25) is 14.3 Å². The second-order valence-corrected chi connectivity index (χ2v) is 8.17. The summed E-state index contributed by atoms with van der Waals surface area (Å²) in [7, 11) is -3.76. The number of anilines is 2. The smallest absolute Gasteiger partial charge is 0.261 e. The predicted octanol–water partition coefficient (Wildman–Crippen LogP) is 2.35. The average molecular weight is 387 g/mol. The summed E-state index contributed by atoms with van der Waals surface area (Å²) in [5.74, 6) is -0.219. The maximum atomic E-state index is 12.6. The van der Waals surface area contributed by atoms with Crippen molar-refractivity contribution >= 4 is 33.2 Å². The number of carbonyl (C=O) groups excluding carboxylic acids is 2. The Morgan fingerprint density at radius 1 is 0.963 bits per heavy atom. The van der Waals surface area contributed by atoms with Crippen LogP contribution in [0.15, 0.2) is 47.4 Å². The Hall–Kier alpha value is -2.87. The zero-order valence-corrected chi connectivity index (χ0v) is 16.0. The van der Waals surface area contributed by atoms with Crippen LogP contribution < -0.4 is 10.0 Å². The Bertz CT molecular complexity index is 985. The molecule has 0 saturated carbocycles. The number of carbonyl (C=O) groups is 2. The van der Waals surface area contributed by atoms with Crippen molar-refractivity contribution in [2.24, 2.45) is 0 Å². The van der Waals surface area contributed by atoms with Gasteiger partial charge in [-0.1, -0.05) is 6.07 Å². The summed E-state index contributed by atoms with van der Waals surface area (Å²) < 4.78 is 27.8. The van der Waals surface area contributed by atoms with Crippen LogP contribution in [-0.4, -0.2) is 31.7 Å². The second-order valence-electron chi connectivity index (χ2n) is 6.49. The molecule has 0 atom stereocenters. The summed E-state index contributed by atoms with van der Waals surface area (Å²) in [5, 5.41) is 2.59. The Morgan fingerprint density at radius 3 is 2.26 bits per heavy atom. The van der Waals surface area contributed by atoms with Crippen molar-refractivity contribution in [1.29, 1.82) is 0 Å². The molecule has 2 aromatic carbocycles. The fourth-order valence-corrected chi connectivity index (χ4v) is 4.07. The lowest BCUT2D eigenvalue weighted by molar-refractivity contribution is -0.129. The Labute approximate surface area is 158 Å². The zero-order valence-electron chi connectivity index (χ0n) is 15.2. The van der Waals surface area contributed by atoms with E-state index in [1.165, 1.54) is 38.1 Å². The van der Waals surface area contributed by atoms with Crippen LogP contribution in [0, 0.1) is 0 Å². The van der Waals surface area contributed by atoms with Crippen molar-refractivity contribution in [2.45, 2.75) is 31.7 Å². The number of amides is 2. The maximum Gasteiger partial charge on any atom is 0.261 e. The first-order chi connectivity index (χ1) is 12.7. The molecule has 1 aliphatic rings. The topological polar surface area (TPSA) is 95.6 Å². The van der Waals surface area contributed by atoms with Crippen molar-refractivity contribution < 1.29 is 18.0 Å². The van der Waals surface area contributed by atoms with E-state index in [4.69, 9.17) is 0 Å². The molecular formula is C19H21N3O4S. The maximum absolute atomic E-state index is 12.6. The summed E-state index contributed by atoms with van der Waals surface area (Å²) >= 11 is 0. The fourth-order valence-electron chi connectivity index (χ4n) is 3.02. The van der Waals surface area contributed by atoms with Crippen LogP contribution in [0.25, 0.3) is 0 Å². The molecule has 0 bridgehead atoms. The van der Waals surface area contributed by atoms with Crippen molar-refractivity contribution in [1.82, 2.24) is 4.90 Å². The molecular weight excluding hydrogens is 366 g/mol. The van der Waals surface area contributed by atoms with Gasteiger partial charge in [-0.15, -0.1) is 0 Å². The van der Waals surface area contributed by atoms with Gasteiger partial charge in [-0.2, -0.15) is 0 Å². The molecule has 27 heavy (non-hydrogen) atoms. The van der Waals surface area contributed by atoms with Gasteiger partial charge in [0.05, 0.1) is 4.90 Å². The van der Waals surface area contributed by atoms with Gasteiger partial charge in [0.1, 0.15) is 0 Å². The minimum Gasteiger partial charge on any atom is -0.338 e. The lowest BCUT2D eigenvalue weighted by Gasteiger charge is -2.28. The van der Waals surface area contributed by atoms with Crippen LogP contribution in [0.2, 0.25) is 0 Å². The van der Waals surface area contributed by atoms with Crippen LogP contribution in [0.3, 0.4) is 0 Å². The van der Waals surface area contributed by atoms with Crippen LogP contribution in [0.4, 0.5) is 11.4 Å². The first-order valence-electron chi connectivity index (χ1n) is 8.52. The summed E-state index contributed by atoms with van der Waals surface area (Å²) in [5.41, 5.74) is 3.04. The highest BCUT2D eigenvalue weighted by Gasteiger charge is 2.20. The van der Waals surface area contributed by atoms with E-state index in [1.54, 1.807) is 17.0 Å². The van der Waals surface area contributed by atoms with Crippen LogP contribution >= 0.6 is 0 Å². The van der Waals surface area contributed by atoms with Gasteiger partial charge in [-0.25, -0.2) is 8.42 Å². The van der Waals surface area contributed by atoms with Gasteiger partial charge in [0, 0.05) is 38.3 Å². The molecule has 2 amide bonds. The van der Waals surface area contributed by atoms with Gasteiger partial charge in [0.15, 0.2) is 0 Å². The normalized spacial score (nSPS) is 13.6. The second kappa shape index (κ2) is 7.40. The average Bonchev–Trinajstić information content (AvgIpc) is 2.60. The first kappa shape index (κ1) is 18.9. The fraction of sp³-hybridized carbons (Fsp3) is 0.263. The summed E-state index contributed by atoms with van der Waals surface area (Å²) in [6.07, 6.45) is 0.757. The standard InChI is InChI=1S/C19H21N3O4S/c1-13(23)20-17-5-7-19(8-6-17)27(25,26)21-18-4-3-15-9-10-22(14(2)24)12-16(15)11-18/h3-8,11,21H,9-10,12H2,1-2H3,(H,20,23). The largest absolute Gasteiger partial charge is 0.338 e. The molecule has 142 valence electrons. The van der Waals surface area contributed by atoms with Crippen molar-refractivity contribution in [3.05, 3.63) is 53.6 Å². The number of nitrogens with one attached hydrogen (secondary N) is 2. The number of hydrogen-bond acceptors (Lipinski definition) is 4. The minimum absolute atomic E-state index is 0.00546. The van der Waals surface area contributed by atoms with Gasteiger partial charge in [-0.05, 0) is 53.9 Å². The van der Waals surface area contributed by atoms with Crippen LogP contribution in [-0.2, 0) is 32.6 Å². The number of nitrogens with zero attached hydrogens (tertiary/aromatic N) is 1. The molecule has 0 aliphatic carbocycles. The summed E-state index contributed by atoms with van der Waals surface area (Å²) in [6, 6.07) is 11.3. The van der Waals surface area contributed by atoms with Crippen LogP contribution in [0.5, 0.6) is 0 Å². The SMILES string of the molecule is CC(=O)Nc1ccc(S(=O)(=O)Nc2ccc3c(c2)CN(C(C)=O)CC3)cc1. The molecule has 0 aromatic heterocycles. The molecule has 3 rings (SSSR count). The molecule has 0 fully saturated rings. The van der Waals surface area contributed by atoms with E-state index >= 15 is 0 Å². The third-order valence-electron chi connectivity index (χ3n) is 4.40. The Balaban J connectivity index is 1.79. The molecule has 2 N–H and O–H groups in total. The van der Waals surface area contributed by atoms with Gasteiger partial charge in [0.2, 0.25) is 11.8 Å². The van der Waals surface area contributed by atoms with Crippen LogP contribution in [0.1, 0.15) is 25.0 Å². The number of fused-ring (bicyclic) bond motifs is 1. The lowest BCUT2D eigenvalue weighted by Crippen LogP contribution is -2.34. The number of sulfonamides is 1. The Kier molecular flexibility index (Phi) is 5.18. The molecule has 0 saturated heterocycles. The quantitative estimate of drug-likeness (QED) is 0.842. The molecule has 0 spiro atoms. The van der Waals surface area contributed by atoms with E-state index in [2.05, 4.69) is 10.0 Å². The highest BCUT2D eigenvalue weighted by atomic mass is 32.2. The number of hydrogen-bond donors (Lipinski definition) is 2. The predicted molar refractivity (Wildman–Crippen MR) is 103 cm³/mol. The van der Waals surface area contributed by atoms with Crippen molar-refractivity contribution in [3.8, 4) is 0 Å². The molecule has 0 radical (unpaired) electrons. The first-order valence-corrected chi connectivity index (χ1v) is 10.0. The molecule has 7 nitrogen and oxygen atoms in total. The molecule has 2 aromatic rings. The highest BCUT2D eigenvalue weighted by molar-refractivity contribution is 7.92. The number of benzene rings is 2. The van der Waals surface area contributed by atoms with E-state index in [0.29, 0.717) is 24.5 Å². The van der Waals surface area contributed by atoms with Crippen molar-refractivity contribution in [3.63, 3.8) is 0 Å². The molecule has 0 unspecified atom stereocenters.